The lowest BCUT2D eigenvalue weighted by Gasteiger charge is -2.21. The summed E-state index contributed by atoms with van der Waals surface area (Å²) in [6.45, 7) is 4.46. The van der Waals surface area contributed by atoms with Gasteiger partial charge in [0.1, 0.15) is 0 Å². The minimum Gasteiger partial charge on any atom is -0.272 e. The molecule has 114 valence electrons. The second-order valence-corrected chi connectivity index (χ2v) is 7.26. The van der Waals surface area contributed by atoms with Crippen LogP contribution < -0.4 is 4.72 Å². The average Bonchev–Trinajstić information content (AvgIpc) is 2.76. The predicted octanol–water partition coefficient (Wildman–Crippen LogP) is 1.23. The van der Waals surface area contributed by atoms with Gasteiger partial charge in [-0.2, -0.15) is 17.8 Å². The Balaban J connectivity index is 1.81. The standard InChI is InChI=1S/C13H24N4O2S/c1-13(12-16-8-6-7-14-16)11-15-20(18,19)17-9-4-2-3-5-10-17/h6-8,13,15H,2-5,9-12H2,1H3/t13-/m1/s1. The SMILES string of the molecule is C[C@H](CNS(=O)(=O)N1CCCCCC1)Cn1cccn1. The van der Waals surface area contributed by atoms with Crippen molar-refractivity contribution < 1.29 is 8.42 Å². The molecular formula is C13H24N4O2S. The van der Waals surface area contributed by atoms with E-state index in [1.807, 2.05) is 23.9 Å². The van der Waals surface area contributed by atoms with Gasteiger partial charge in [0.2, 0.25) is 0 Å². The summed E-state index contributed by atoms with van der Waals surface area (Å²) in [4.78, 5) is 0. The number of nitrogens with zero attached hydrogens (tertiary/aromatic N) is 3. The second kappa shape index (κ2) is 7.19. The zero-order valence-electron chi connectivity index (χ0n) is 12.0. The molecular weight excluding hydrogens is 276 g/mol. The fourth-order valence-corrected chi connectivity index (χ4v) is 3.83. The summed E-state index contributed by atoms with van der Waals surface area (Å²) in [5.74, 6) is 0.205. The minimum absolute atomic E-state index is 0.205. The Morgan fingerprint density at radius 3 is 2.55 bits per heavy atom. The van der Waals surface area contributed by atoms with Gasteiger partial charge in [0.25, 0.3) is 10.2 Å². The maximum Gasteiger partial charge on any atom is 0.279 e. The van der Waals surface area contributed by atoms with E-state index in [0.717, 1.165) is 32.2 Å². The monoisotopic (exact) mass is 300 g/mol. The van der Waals surface area contributed by atoms with Crippen LogP contribution in [0.3, 0.4) is 0 Å². The van der Waals surface area contributed by atoms with Gasteiger partial charge >= 0.3 is 0 Å². The van der Waals surface area contributed by atoms with Crippen molar-refractivity contribution in [1.29, 1.82) is 0 Å². The first-order chi connectivity index (χ1) is 9.58. The van der Waals surface area contributed by atoms with Gasteiger partial charge < -0.3 is 0 Å². The first kappa shape index (κ1) is 15.5. The van der Waals surface area contributed by atoms with Crippen molar-refractivity contribution in [1.82, 2.24) is 18.8 Å². The Labute approximate surface area is 121 Å². The van der Waals surface area contributed by atoms with E-state index in [-0.39, 0.29) is 5.92 Å². The van der Waals surface area contributed by atoms with E-state index in [2.05, 4.69) is 9.82 Å². The molecule has 0 aliphatic carbocycles. The molecule has 2 rings (SSSR count). The van der Waals surface area contributed by atoms with Crippen molar-refractivity contribution in [3.63, 3.8) is 0 Å². The van der Waals surface area contributed by atoms with E-state index in [0.29, 0.717) is 19.6 Å². The Morgan fingerprint density at radius 2 is 1.95 bits per heavy atom. The minimum atomic E-state index is -3.33. The molecule has 1 N–H and O–H groups in total. The van der Waals surface area contributed by atoms with Gasteiger partial charge in [-0.15, -0.1) is 0 Å². The lowest BCUT2D eigenvalue weighted by molar-refractivity contribution is 0.399. The third-order valence-electron chi connectivity index (χ3n) is 3.58. The summed E-state index contributed by atoms with van der Waals surface area (Å²) >= 11 is 0. The van der Waals surface area contributed by atoms with Crippen molar-refractivity contribution in [2.75, 3.05) is 19.6 Å². The van der Waals surface area contributed by atoms with Crippen LogP contribution in [0.25, 0.3) is 0 Å². The molecule has 0 saturated carbocycles. The number of nitrogens with one attached hydrogen (secondary N) is 1. The van der Waals surface area contributed by atoms with Crippen LogP contribution in [-0.4, -0.2) is 42.1 Å². The molecule has 0 radical (unpaired) electrons. The molecule has 0 bridgehead atoms. The van der Waals surface area contributed by atoms with Gasteiger partial charge in [-0.05, 0) is 24.8 Å². The Kier molecular flexibility index (Phi) is 5.56. The number of aromatic nitrogens is 2. The largest absolute Gasteiger partial charge is 0.279 e. The first-order valence-electron chi connectivity index (χ1n) is 7.30. The van der Waals surface area contributed by atoms with E-state index in [1.165, 1.54) is 0 Å². The Hall–Kier alpha value is -0.920. The van der Waals surface area contributed by atoms with Crippen molar-refractivity contribution in [2.45, 2.75) is 39.2 Å². The lowest BCUT2D eigenvalue weighted by atomic mass is 10.2. The molecule has 1 fully saturated rings. The fourth-order valence-electron chi connectivity index (χ4n) is 2.41. The fraction of sp³-hybridized carbons (Fsp3) is 0.769. The maximum absolute atomic E-state index is 12.2. The summed E-state index contributed by atoms with van der Waals surface area (Å²) in [6, 6.07) is 1.87. The molecule has 20 heavy (non-hydrogen) atoms. The highest BCUT2D eigenvalue weighted by atomic mass is 32.2. The smallest absolute Gasteiger partial charge is 0.272 e. The van der Waals surface area contributed by atoms with E-state index < -0.39 is 10.2 Å². The zero-order valence-corrected chi connectivity index (χ0v) is 12.8. The van der Waals surface area contributed by atoms with Crippen LogP contribution in [0.15, 0.2) is 18.5 Å². The van der Waals surface area contributed by atoms with Crippen LogP contribution in [0.1, 0.15) is 32.6 Å². The molecule has 1 saturated heterocycles. The molecule has 7 heteroatoms. The first-order valence-corrected chi connectivity index (χ1v) is 8.74. The van der Waals surface area contributed by atoms with Gasteiger partial charge in [0.05, 0.1) is 0 Å². The van der Waals surface area contributed by atoms with Crippen LogP contribution in [0, 0.1) is 5.92 Å². The van der Waals surface area contributed by atoms with E-state index in [9.17, 15) is 8.42 Å². The third kappa shape index (κ3) is 4.57. The van der Waals surface area contributed by atoms with Crippen molar-refractivity contribution >= 4 is 10.2 Å². The Bertz CT molecular complexity index is 478. The molecule has 0 aromatic carbocycles. The quantitative estimate of drug-likeness (QED) is 0.859. The van der Waals surface area contributed by atoms with Crippen LogP contribution >= 0.6 is 0 Å². The van der Waals surface area contributed by atoms with Gasteiger partial charge in [-0.3, -0.25) is 4.68 Å². The van der Waals surface area contributed by atoms with Crippen molar-refractivity contribution in [2.24, 2.45) is 5.92 Å². The molecule has 1 aliphatic heterocycles. The second-order valence-electron chi connectivity index (χ2n) is 5.50. The number of rotatable bonds is 6. The van der Waals surface area contributed by atoms with Crippen molar-refractivity contribution in [3.05, 3.63) is 18.5 Å². The molecule has 0 unspecified atom stereocenters. The average molecular weight is 300 g/mol. The van der Waals surface area contributed by atoms with Gasteiger partial charge in [-0.25, -0.2) is 4.72 Å². The van der Waals surface area contributed by atoms with E-state index in [4.69, 9.17) is 0 Å². The molecule has 2 heterocycles. The highest BCUT2D eigenvalue weighted by molar-refractivity contribution is 7.87. The highest BCUT2D eigenvalue weighted by Crippen LogP contribution is 2.12. The summed E-state index contributed by atoms with van der Waals surface area (Å²) < 4.78 is 30.6. The molecule has 0 amide bonds. The Morgan fingerprint density at radius 1 is 1.25 bits per heavy atom. The van der Waals surface area contributed by atoms with Crippen LogP contribution in [0.2, 0.25) is 0 Å². The number of hydrogen-bond acceptors (Lipinski definition) is 3. The van der Waals surface area contributed by atoms with Gasteiger partial charge in [0.15, 0.2) is 0 Å². The summed E-state index contributed by atoms with van der Waals surface area (Å²) in [5.41, 5.74) is 0. The topological polar surface area (TPSA) is 67.2 Å². The number of hydrogen-bond donors (Lipinski definition) is 1. The maximum atomic E-state index is 12.2. The van der Waals surface area contributed by atoms with E-state index in [1.54, 1.807) is 10.5 Å². The molecule has 1 aromatic rings. The molecule has 6 nitrogen and oxygen atoms in total. The summed E-state index contributed by atoms with van der Waals surface area (Å²) in [5, 5.41) is 4.13. The molecule has 1 atom stereocenters. The zero-order chi connectivity index (χ0) is 14.4. The van der Waals surface area contributed by atoms with Crippen LogP contribution in [0.5, 0.6) is 0 Å². The van der Waals surface area contributed by atoms with Gasteiger partial charge in [-0.1, -0.05) is 19.8 Å². The van der Waals surface area contributed by atoms with Crippen LogP contribution in [0.4, 0.5) is 0 Å². The third-order valence-corrected chi connectivity index (χ3v) is 5.15. The van der Waals surface area contributed by atoms with Crippen molar-refractivity contribution in [3.8, 4) is 0 Å². The summed E-state index contributed by atoms with van der Waals surface area (Å²) in [6.07, 6.45) is 7.80. The molecule has 0 spiro atoms. The molecule has 1 aliphatic rings. The van der Waals surface area contributed by atoms with E-state index >= 15 is 0 Å². The predicted molar refractivity (Wildman–Crippen MR) is 78.4 cm³/mol. The van der Waals surface area contributed by atoms with Gasteiger partial charge in [0, 0.05) is 38.6 Å². The molecule has 1 aromatic heterocycles. The lowest BCUT2D eigenvalue weighted by Crippen LogP contribution is -2.43. The highest BCUT2D eigenvalue weighted by Gasteiger charge is 2.22. The summed E-state index contributed by atoms with van der Waals surface area (Å²) in [7, 11) is -3.33. The van der Waals surface area contributed by atoms with Crippen LogP contribution in [-0.2, 0) is 16.8 Å². The normalized spacial score (nSPS) is 19.6.